The van der Waals surface area contributed by atoms with Crippen LogP contribution in [0.2, 0.25) is 0 Å². The zero-order chi connectivity index (χ0) is 8.10. The van der Waals surface area contributed by atoms with Crippen molar-refractivity contribution in [3.05, 3.63) is 48.0 Å². The van der Waals surface area contributed by atoms with E-state index >= 15 is 0 Å². The van der Waals surface area contributed by atoms with Crippen LogP contribution >= 0.6 is 0 Å². The highest BCUT2D eigenvalue weighted by molar-refractivity contribution is 5.14. The Hall–Kier alpha value is -1.04. The van der Waals surface area contributed by atoms with Gasteiger partial charge in [-0.3, -0.25) is 0 Å². The molecule has 1 aromatic rings. The molecule has 1 aromatic carbocycles. The minimum absolute atomic E-state index is 1.07. The lowest BCUT2D eigenvalue weighted by Gasteiger charge is -1.98. The van der Waals surface area contributed by atoms with E-state index in [1.165, 1.54) is 11.1 Å². The van der Waals surface area contributed by atoms with Crippen molar-refractivity contribution < 1.29 is 0 Å². The van der Waals surface area contributed by atoms with Crippen molar-refractivity contribution >= 4 is 0 Å². The Morgan fingerprint density at radius 3 is 2.91 bits per heavy atom. The van der Waals surface area contributed by atoms with E-state index in [0.717, 1.165) is 12.8 Å². The Kier molecular flexibility index (Phi) is 2.91. The quantitative estimate of drug-likeness (QED) is 0.573. The fraction of sp³-hybridized carbons (Fsp3) is 0.273. The van der Waals surface area contributed by atoms with Crippen LogP contribution in [-0.2, 0) is 6.42 Å². The Bertz CT molecular complexity index is 221. The van der Waals surface area contributed by atoms with Crippen molar-refractivity contribution in [3.8, 4) is 0 Å². The summed E-state index contributed by atoms with van der Waals surface area (Å²) in [5.74, 6) is 0. The van der Waals surface area contributed by atoms with E-state index in [4.69, 9.17) is 0 Å². The third kappa shape index (κ3) is 3.03. The van der Waals surface area contributed by atoms with Crippen LogP contribution in [0.25, 0.3) is 0 Å². The predicted octanol–water partition coefficient (Wildman–Crippen LogP) is 3.00. The van der Waals surface area contributed by atoms with E-state index in [0.29, 0.717) is 0 Å². The van der Waals surface area contributed by atoms with Crippen LogP contribution in [0.15, 0.2) is 36.4 Å². The molecule has 1 radical (unpaired) electrons. The summed E-state index contributed by atoms with van der Waals surface area (Å²) < 4.78 is 0. The van der Waals surface area contributed by atoms with Crippen molar-refractivity contribution in [2.45, 2.75) is 19.8 Å². The van der Waals surface area contributed by atoms with Crippen molar-refractivity contribution in [2.75, 3.05) is 0 Å². The molecule has 57 valence electrons. The zero-order valence-electron chi connectivity index (χ0n) is 6.93. The largest absolute Gasteiger partial charge is 0.100 e. The Labute approximate surface area is 68.6 Å². The molecule has 1 rings (SSSR count). The van der Waals surface area contributed by atoms with E-state index in [1.807, 2.05) is 18.2 Å². The van der Waals surface area contributed by atoms with Crippen LogP contribution in [0, 0.1) is 6.07 Å². The molecule has 11 heavy (non-hydrogen) atoms. The molecular formula is C11H13. The lowest BCUT2D eigenvalue weighted by molar-refractivity contribution is 0.944. The normalized spacial score (nSPS) is 9.55. The molecule has 0 fully saturated rings. The summed E-state index contributed by atoms with van der Waals surface area (Å²) in [4.78, 5) is 0. The average Bonchev–Trinajstić information content (AvgIpc) is 2.03. The summed E-state index contributed by atoms with van der Waals surface area (Å²) in [6.45, 7) is 5.91. The van der Waals surface area contributed by atoms with Crippen LogP contribution in [-0.4, -0.2) is 0 Å². The molecular weight excluding hydrogens is 132 g/mol. The van der Waals surface area contributed by atoms with Gasteiger partial charge in [-0.05, 0) is 31.4 Å². The van der Waals surface area contributed by atoms with Gasteiger partial charge in [-0.1, -0.05) is 29.8 Å². The Balaban J connectivity index is 2.45. The summed E-state index contributed by atoms with van der Waals surface area (Å²) >= 11 is 0. The lowest BCUT2D eigenvalue weighted by atomic mass is 10.1. The van der Waals surface area contributed by atoms with E-state index in [-0.39, 0.29) is 0 Å². The molecule has 0 unspecified atom stereocenters. The smallest absolute Gasteiger partial charge is 0.0149 e. The maximum atomic E-state index is 3.86. The number of allylic oxidation sites excluding steroid dienone is 1. The van der Waals surface area contributed by atoms with Crippen molar-refractivity contribution in [1.29, 1.82) is 0 Å². The summed E-state index contributed by atoms with van der Waals surface area (Å²) in [5.41, 5.74) is 2.51. The number of hydrogen-bond acceptors (Lipinski definition) is 0. The molecule has 0 aliphatic rings. The standard InChI is InChI=1S/C11H13/c1-10(2)8-9-11-6-4-3-5-7-11/h3-6H,1,8-9H2,2H3. The first-order chi connectivity index (χ1) is 5.29. The summed E-state index contributed by atoms with van der Waals surface area (Å²) in [6, 6.07) is 11.3. The zero-order valence-corrected chi connectivity index (χ0v) is 6.93. The molecule has 0 aliphatic heterocycles. The molecule has 0 spiro atoms. The van der Waals surface area contributed by atoms with Gasteiger partial charge in [0.15, 0.2) is 0 Å². The monoisotopic (exact) mass is 145 g/mol. The average molecular weight is 145 g/mol. The maximum absolute atomic E-state index is 3.86. The fourth-order valence-electron chi connectivity index (χ4n) is 0.934. The lowest BCUT2D eigenvalue weighted by Crippen LogP contribution is -1.84. The molecule has 0 bridgehead atoms. The second kappa shape index (κ2) is 3.97. The van der Waals surface area contributed by atoms with Crippen molar-refractivity contribution in [2.24, 2.45) is 0 Å². The van der Waals surface area contributed by atoms with Crippen LogP contribution < -0.4 is 0 Å². The van der Waals surface area contributed by atoms with Gasteiger partial charge in [0.1, 0.15) is 0 Å². The molecule has 0 N–H and O–H groups in total. The minimum atomic E-state index is 1.07. The number of aryl methyl sites for hydroxylation is 1. The number of hydrogen-bond donors (Lipinski definition) is 0. The van der Waals surface area contributed by atoms with Gasteiger partial charge in [0.25, 0.3) is 0 Å². The van der Waals surface area contributed by atoms with Gasteiger partial charge in [-0.15, -0.1) is 6.58 Å². The second-order valence-electron chi connectivity index (χ2n) is 2.84. The molecule has 0 saturated heterocycles. The van der Waals surface area contributed by atoms with Gasteiger partial charge in [0, 0.05) is 0 Å². The summed E-state index contributed by atoms with van der Waals surface area (Å²) in [7, 11) is 0. The topological polar surface area (TPSA) is 0 Å². The van der Waals surface area contributed by atoms with Gasteiger partial charge in [0.05, 0.1) is 0 Å². The molecule has 0 saturated carbocycles. The van der Waals surface area contributed by atoms with E-state index in [2.05, 4.69) is 25.6 Å². The first kappa shape index (κ1) is 8.06. The molecule has 0 amide bonds. The predicted molar refractivity (Wildman–Crippen MR) is 48.4 cm³/mol. The molecule has 0 aliphatic carbocycles. The van der Waals surface area contributed by atoms with Crippen LogP contribution in [0.5, 0.6) is 0 Å². The van der Waals surface area contributed by atoms with Crippen LogP contribution in [0.1, 0.15) is 18.9 Å². The van der Waals surface area contributed by atoms with Crippen LogP contribution in [0.3, 0.4) is 0 Å². The molecule has 0 heterocycles. The molecule has 0 atom stereocenters. The van der Waals surface area contributed by atoms with Crippen molar-refractivity contribution in [3.63, 3.8) is 0 Å². The Morgan fingerprint density at radius 2 is 2.36 bits per heavy atom. The first-order valence-corrected chi connectivity index (χ1v) is 3.89. The van der Waals surface area contributed by atoms with Gasteiger partial charge >= 0.3 is 0 Å². The summed E-state index contributed by atoms with van der Waals surface area (Å²) in [5, 5.41) is 0. The SMILES string of the molecule is C=C(C)CCc1[c]cccc1. The molecule has 0 aromatic heterocycles. The van der Waals surface area contributed by atoms with E-state index < -0.39 is 0 Å². The van der Waals surface area contributed by atoms with Crippen LogP contribution in [0.4, 0.5) is 0 Å². The number of benzene rings is 1. The highest BCUT2D eigenvalue weighted by Crippen LogP contribution is 2.05. The maximum Gasteiger partial charge on any atom is -0.0149 e. The number of rotatable bonds is 3. The molecule has 0 nitrogen and oxygen atoms in total. The van der Waals surface area contributed by atoms with Crippen molar-refractivity contribution in [1.82, 2.24) is 0 Å². The summed E-state index contributed by atoms with van der Waals surface area (Å²) in [6.07, 6.45) is 2.14. The third-order valence-corrected chi connectivity index (χ3v) is 1.59. The second-order valence-corrected chi connectivity index (χ2v) is 2.84. The van der Waals surface area contributed by atoms with Gasteiger partial charge in [-0.2, -0.15) is 0 Å². The fourth-order valence-corrected chi connectivity index (χ4v) is 0.934. The van der Waals surface area contributed by atoms with Gasteiger partial charge < -0.3 is 0 Å². The highest BCUT2D eigenvalue weighted by atomic mass is 14.0. The first-order valence-electron chi connectivity index (χ1n) is 3.89. The highest BCUT2D eigenvalue weighted by Gasteiger charge is 1.90. The van der Waals surface area contributed by atoms with E-state index in [1.54, 1.807) is 0 Å². The van der Waals surface area contributed by atoms with E-state index in [9.17, 15) is 0 Å². The minimum Gasteiger partial charge on any atom is -0.100 e. The van der Waals surface area contributed by atoms with Gasteiger partial charge in [-0.25, -0.2) is 0 Å². The molecule has 0 heteroatoms. The Morgan fingerprint density at radius 1 is 1.55 bits per heavy atom. The third-order valence-electron chi connectivity index (χ3n) is 1.59. The van der Waals surface area contributed by atoms with Gasteiger partial charge in [0.2, 0.25) is 0 Å².